The van der Waals surface area contributed by atoms with E-state index < -0.39 is 0 Å². The first-order valence-electron chi connectivity index (χ1n) is 7.51. The van der Waals surface area contributed by atoms with Gasteiger partial charge in [-0.15, -0.1) is 0 Å². The Kier molecular flexibility index (Phi) is 4.93. The molecule has 0 radical (unpaired) electrons. The lowest BCUT2D eigenvalue weighted by atomic mass is 10.2. The van der Waals surface area contributed by atoms with E-state index in [0.717, 1.165) is 5.56 Å². The fourth-order valence-corrected chi connectivity index (χ4v) is 2.06. The van der Waals surface area contributed by atoms with Gasteiger partial charge in [0.15, 0.2) is 0 Å². The molecule has 2 aromatic heterocycles. The Balaban J connectivity index is 1.59. The van der Waals surface area contributed by atoms with Gasteiger partial charge in [-0.2, -0.15) is 5.26 Å². The zero-order chi connectivity index (χ0) is 17.5. The van der Waals surface area contributed by atoms with Crippen LogP contribution in [0, 0.1) is 11.3 Å². The molecule has 122 valence electrons. The number of carbonyl (C=O) groups excluding carboxylic acids is 1. The van der Waals surface area contributed by atoms with E-state index in [9.17, 15) is 4.79 Å². The maximum absolute atomic E-state index is 12.2. The second-order valence-corrected chi connectivity index (χ2v) is 5.14. The summed E-state index contributed by atoms with van der Waals surface area (Å²) in [5, 5.41) is 14.6. The van der Waals surface area contributed by atoms with Gasteiger partial charge in [-0.25, -0.2) is 9.97 Å². The fraction of sp³-hybridized carbons (Fsp3) is 0.0556. The molecule has 0 saturated heterocycles. The van der Waals surface area contributed by atoms with Crippen LogP contribution < -0.4 is 10.6 Å². The number of nitrogens with one attached hydrogen (secondary N) is 2. The van der Waals surface area contributed by atoms with Gasteiger partial charge in [0.05, 0.1) is 24.0 Å². The lowest BCUT2D eigenvalue weighted by molar-refractivity contribution is 0.102. The lowest BCUT2D eigenvalue weighted by Crippen LogP contribution is -2.14. The summed E-state index contributed by atoms with van der Waals surface area (Å²) in [6.45, 7) is 0.569. The van der Waals surface area contributed by atoms with E-state index in [1.54, 1.807) is 36.7 Å². The topological polar surface area (TPSA) is 104 Å². The molecule has 0 unspecified atom stereocenters. The molecule has 0 bridgehead atoms. The zero-order valence-corrected chi connectivity index (χ0v) is 13.2. The fourth-order valence-electron chi connectivity index (χ4n) is 2.06. The highest BCUT2D eigenvalue weighted by Gasteiger charge is 2.08. The number of anilines is 2. The quantitative estimate of drug-likeness (QED) is 0.745. The van der Waals surface area contributed by atoms with Crippen LogP contribution in [0.1, 0.15) is 21.6 Å². The van der Waals surface area contributed by atoms with E-state index in [2.05, 4.69) is 25.6 Å². The minimum atomic E-state index is -0.365. The van der Waals surface area contributed by atoms with Crippen molar-refractivity contribution in [1.82, 2.24) is 15.0 Å². The van der Waals surface area contributed by atoms with Crippen molar-refractivity contribution in [3.63, 3.8) is 0 Å². The second kappa shape index (κ2) is 7.66. The smallest absolute Gasteiger partial charge is 0.275 e. The Morgan fingerprint density at radius 3 is 2.56 bits per heavy atom. The SMILES string of the molecule is N#Cc1ccc(NC(=O)c2cnc(NCc3cccnc3)cn2)cc1. The molecular weight excluding hydrogens is 316 g/mol. The third kappa shape index (κ3) is 4.36. The van der Waals surface area contributed by atoms with Crippen molar-refractivity contribution in [2.45, 2.75) is 6.54 Å². The first kappa shape index (κ1) is 16.1. The van der Waals surface area contributed by atoms with Crippen LogP contribution in [0.2, 0.25) is 0 Å². The van der Waals surface area contributed by atoms with E-state index in [1.807, 2.05) is 18.2 Å². The van der Waals surface area contributed by atoms with E-state index >= 15 is 0 Å². The highest BCUT2D eigenvalue weighted by Crippen LogP contribution is 2.11. The highest BCUT2D eigenvalue weighted by molar-refractivity contribution is 6.02. The van der Waals surface area contributed by atoms with Crippen LogP contribution in [-0.4, -0.2) is 20.9 Å². The molecule has 7 heteroatoms. The van der Waals surface area contributed by atoms with Crippen molar-refractivity contribution in [1.29, 1.82) is 5.26 Å². The number of hydrogen-bond donors (Lipinski definition) is 2. The average Bonchev–Trinajstić information content (AvgIpc) is 2.68. The van der Waals surface area contributed by atoms with Crippen LogP contribution in [0.4, 0.5) is 11.5 Å². The number of benzene rings is 1. The second-order valence-electron chi connectivity index (χ2n) is 5.14. The monoisotopic (exact) mass is 330 g/mol. The van der Waals surface area contributed by atoms with Crippen LogP contribution in [0.15, 0.2) is 61.2 Å². The maximum atomic E-state index is 12.2. The van der Waals surface area contributed by atoms with Gasteiger partial charge in [-0.05, 0) is 35.9 Å². The van der Waals surface area contributed by atoms with Gasteiger partial charge in [0.25, 0.3) is 5.91 Å². The third-order valence-corrected chi connectivity index (χ3v) is 3.35. The van der Waals surface area contributed by atoms with Crippen LogP contribution in [0.5, 0.6) is 0 Å². The first-order valence-corrected chi connectivity index (χ1v) is 7.51. The van der Waals surface area contributed by atoms with Crippen molar-refractivity contribution < 1.29 is 4.79 Å². The predicted molar refractivity (Wildman–Crippen MR) is 92.7 cm³/mol. The summed E-state index contributed by atoms with van der Waals surface area (Å²) in [5.74, 6) is 0.204. The Labute approximate surface area is 144 Å². The van der Waals surface area contributed by atoms with Crippen molar-refractivity contribution in [2.24, 2.45) is 0 Å². The van der Waals surface area contributed by atoms with Crippen molar-refractivity contribution >= 4 is 17.4 Å². The third-order valence-electron chi connectivity index (χ3n) is 3.35. The van der Waals surface area contributed by atoms with Gasteiger partial charge < -0.3 is 10.6 Å². The molecule has 2 N–H and O–H groups in total. The summed E-state index contributed by atoms with van der Waals surface area (Å²) < 4.78 is 0. The molecule has 3 rings (SSSR count). The standard InChI is InChI=1S/C18H14N6O/c19-8-13-3-5-15(6-4-13)24-18(25)16-11-23-17(12-21-16)22-10-14-2-1-7-20-9-14/h1-7,9,11-12H,10H2,(H,22,23)(H,24,25). The predicted octanol–water partition coefficient (Wildman–Crippen LogP) is 2.61. The molecule has 3 aromatic rings. The molecule has 7 nitrogen and oxygen atoms in total. The number of nitrogens with zero attached hydrogens (tertiary/aromatic N) is 4. The average molecular weight is 330 g/mol. The summed E-state index contributed by atoms with van der Waals surface area (Å²) in [4.78, 5) is 24.5. The summed E-state index contributed by atoms with van der Waals surface area (Å²) in [6.07, 6.45) is 6.39. The largest absolute Gasteiger partial charge is 0.365 e. The molecule has 0 saturated carbocycles. The minimum Gasteiger partial charge on any atom is -0.365 e. The van der Waals surface area contributed by atoms with Gasteiger partial charge in [0.1, 0.15) is 11.5 Å². The number of nitriles is 1. The number of amides is 1. The number of rotatable bonds is 5. The summed E-state index contributed by atoms with van der Waals surface area (Å²) in [6, 6.07) is 12.4. The van der Waals surface area contributed by atoms with E-state index in [1.165, 1.54) is 12.4 Å². The van der Waals surface area contributed by atoms with Crippen molar-refractivity contribution in [3.8, 4) is 6.07 Å². The first-order chi connectivity index (χ1) is 12.2. The van der Waals surface area contributed by atoms with Gasteiger partial charge in [0, 0.05) is 24.6 Å². The van der Waals surface area contributed by atoms with Crippen LogP contribution in [-0.2, 0) is 6.54 Å². The summed E-state index contributed by atoms with van der Waals surface area (Å²) >= 11 is 0. The van der Waals surface area contributed by atoms with Gasteiger partial charge in [0.2, 0.25) is 0 Å². The van der Waals surface area contributed by atoms with Crippen LogP contribution in [0.25, 0.3) is 0 Å². The Morgan fingerprint density at radius 1 is 1.08 bits per heavy atom. The van der Waals surface area contributed by atoms with E-state index in [4.69, 9.17) is 5.26 Å². The maximum Gasteiger partial charge on any atom is 0.275 e. The molecule has 1 amide bonds. The minimum absolute atomic E-state index is 0.205. The number of hydrogen-bond acceptors (Lipinski definition) is 6. The van der Waals surface area contributed by atoms with Crippen LogP contribution in [0.3, 0.4) is 0 Å². The molecule has 0 spiro atoms. The number of pyridine rings is 1. The molecule has 1 aromatic carbocycles. The summed E-state index contributed by atoms with van der Waals surface area (Å²) in [5.41, 5.74) is 2.34. The highest BCUT2D eigenvalue weighted by atomic mass is 16.1. The summed E-state index contributed by atoms with van der Waals surface area (Å²) in [7, 11) is 0. The van der Waals surface area contributed by atoms with Crippen molar-refractivity contribution in [2.75, 3.05) is 10.6 Å². The molecule has 0 fully saturated rings. The molecule has 25 heavy (non-hydrogen) atoms. The van der Waals surface area contributed by atoms with E-state index in [-0.39, 0.29) is 11.6 Å². The van der Waals surface area contributed by atoms with Crippen molar-refractivity contribution in [3.05, 3.63) is 78.0 Å². The van der Waals surface area contributed by atoms with Gasteiger partial charge in [-0.3, -0.25) is 9.78 Å². The van der Waals surface area contributed by atoms with Gasteiger partial charge >= 0.3 is 0 Å². The number of carbonyl (C=O) groups is 1. The normalized spacial score (nSPS) is 9.88. The molecule has 0 aliphatic rings. The number of aromatic nitrogens is 3. The molecular formula is C18H14N6O. The Hall–Kier alpha value is -3.79. The molecule has 0 atom stereocenters. The Morgan fingerprint density at radius 2 is 1.92 bits per heavy atom. The van der Waals surface area contributed by atoms with Crippen LogP contribution >= 0.6 is 0 Å². The zero-order valence-electron chi connectivity index (χ0n) is 13.2. The van der Waals surface area contributed by atoms with Gasteiger partial charge in [-0.1, -0.05) is 6.07 Å². The van der Waals surface area contributed by atoms with E-state index in [0.29, 0.717) is 23.6 Å². The Bertz CT molecular complexity index is 886. The molecule has 2 heterocycles. The molecule has 0 aliphatic heterocycles. The molecule has 0 aliphatic carbocycles. The lowest BCUT2D eigenvalue weighted by Gasteiger charge is -2.07.